The number of nitrogens with zero attached hydrogens (tertiary/aromatic N) is 3. The fourth-order valence-electron chi connectivity index (χ4n) is 2.23. The van der Waals surface area contributed by atoms with Crippen LogP contribution in [0.2, 0.25) is 0 Å². The highest BCUT2D eigenvalue weighted by molar-refractivity contribution is 5.93. The Bertz CT molecular complexity index is 666. The number of carbonyl (C=O) groups is 1. The molecule has 0 fully saturated rings. The fraction of sp³-hybridized carbons (Fsp3) is 0.333. The second-order valence-corrected chi connectivity index (χ2v) is 4.83. The van der Waals surface area contributed by atoms with Crippen LogP contribution in [0.3, 0.4) is 0 Å². The van der Waals surface area contributed by atoms with Gasteiger partial charge in [-0.05, 0) is 32.9 Å². The van der Waals surface area contributed by atoms with Gasteiger partial charge in [-0.2, -0.15) is 5.10 Å². The van der Waals surface area contributed by atoms with E-state index in [9.17, 15) is 9.18 Å². The molecule has 0 unspecified atom stereocenters. The minimum absolute atomic E-state index is 0.0338. The van der Waals surface area contributed by atoms with Crippen LogP contribution in [0.4, 0.5) is 15.8 Å². The van der Waals surface area contributed by atoms with Crippen LogP contribution in [-0.4, -0.2) is 22.2 Å². The monoisotopic (exact) mass is 290 g/mol. The SMILES string of the molecule is CCN(C(=O)Cn1nc(C)c(N)c1C)c1ccccc1F. The number of para-hydroxylation sites is 1. The van der Waals surface area contributed by atoms with Crippen LogP contribution < -0.4 is 10.6 Å². The molecule has 0 aliphatic carbocycles. The second-order valence-electron chi connectivity index (χ2n) is 4.83. The average molecular weight is 290 g/mol. The number of rotatable bonds is 4. The van der Waals surface area contributed by atoms with Crippen molar-refractivity contribution < 1.29 is 9.18 Å². The molecule has 0 saturated heterocycles. The summed E-state index contributed by atoms with van der Waals surface area (Å²) in [6.07, 6.45) is 0. The number of aryl methyl sites for hydroxylation is 1. The third-order valence-corrected chi connectivity index (χ3v) is 3.48. The van der Waals surface area contributed by atoms with E-state index in [0.717, 1.165) is 5.69 Å². The van der Waals surface area contributed by atoms with Crippen molar-refractivity contribution in [1.82, 2.24) is 9.78 Å². The van der Waals surface area contributed by atoms with Gasteiger partial charge in [0.2, 0.25) is 5.91 Å². The van der Waals surface area contributed by atoms with Crippen molar-refractivity contribution in [3.05, 3.63) is 41.5 Å². The maximum Gasteiger partial charge on any atom is 0.248 e. The highest BCUT2D eigenvalue weighted by atomic mass is 19.1. The minimum atomic E-state index is -0.416. The zero-order valence-electron chi connectivity index (χ0n) is 12.4. The molecule has 5 nitrogen and oxygen atoms in total. The first-order valence-electron chi connectivity index (χ1n) is 6.80. The van der Waals surface area contributed by atoms with E-state index in [1.54, 1.807) is 36.7 Å². The lowest BCUT2D eigenvalue weighted by molar-refractivity contribution is -0.119. The minimum Gasteiger partial charge on any atom is -0.396 e. The Morgan fingerprint density at radius 2 is 2.05 bits per heavy atom. The van der Waals surface area contributed by atoms with E-state index >= 15 is 0 Å². The highest BCUT2D eigenvalue weighted by Gasteiger charge is 2.19. The van der Waals surface area contributed by atoms with Crippen molar-refractivity contribution in [1.29, 1.82) is 0 Å². The summed E-state index contributed by atoms with van der Waals surface area (Å²) in [5.41, 5.74) is 8.14. The van der Waals surface area contributed by atoms with Crippen molar-refractivity contribution in [2.75, 3.05) is 17.2 Å². The summed E-state index contributed by atoms with van der Waals surface area (Å²) in [4.78, 5) is 13.8. The van der Waals surface area contributed by atoms with Gasteiger partial charge in [0.15, 0.2) is 0 Å². The molecule has 1 aromatic carbocycles. The van der Waals surface area contributed by atoms with E-state index < -0.39 is 5.82 Å². The quantitative estimate of drug-likeness (QED) is 0.939. The number of hydrogen-bond donors (Lipinski definition) is 1. The van der Waals surface area contributed by atoms with Gasteiger partial charge in [-0.15, -0.1) is 0 Å². The molecule has 6 heteroatoms. The molecule has 0 spiro atoms. The number of carbonyl (C=O) groups excluding carboxylic acids is 1. The molecule has 0 aliphatic rings. The summed E-state index contributed by atoms with van der Waals surface area (Å²) in [5.74, 6) is -0.645. The summed E-state index contributed by atoms with van der Waals surface area (Å²) in [6, 6.07) is 6.23. The van der Waals surface area contributed by atoms with Crippen LogP contribution >= 0.6 is 0 Å². The first-order chi connectivity index (χ1) is 9.95. The maximum atomic E-state index is 13.8. The number of hydrogen-bond acceptors (Lipinski definition) is 3. The predicted molar refractivity (Wildman–Crippen MR) is 80.5 cm³/mol. The van der Waals surface area contributed by atoms with Crippen molar-refractivity contribution in [2.24, 2.45) is 0 Å². The normalized spacial score (nSPS) is 10.7. The Balaban J connectivity index is 2.25. The number of benzene rings is 1. The van der Waals surface area contributed by atoms with Crippen LogP contribution in [0.1, 0.15) is 18.3 Å². The van der Waals surface area contributed by atoms with Crippen molar-refractivity contribution in [2.45, 2.75) is 27.3 Å². The number of aromatic nitrogens is 2. The van der Waals surface area contributed by atoms with Gasteiger partial charge >= 0.3 is 0 Å². The van der Waals surface area contributed by atoms with Crippen LogP contribution in [0.5, 0.6) is 0 Å². The smallest absolute Gasteiger partial charge is 0.248 e. The van der Waals surface area contributed by atoms with E-state index in [1.165, 1.54) is 11.0 Å². The molecule has 1 amide bonds. The van der Waals surface area contributed by atoms with Crippen molar-refractivity contribution in [3.63, 3.8) is 0 Å². The van der Waals surface area contributed by atoms with Gasteiger partial charge < -0.3 is 10.6 Å². The number of likely N-dealkylation sites (N-methyl/N-ethyl adjacent to an activating group) is 1. The lowest BCUT2D eigenvalue weighted by atomic mass is 10.2. The molecule has 0 saturated carbocycles. The van der Waals surface area contributed by atoms with Crippen LogP contribution in [0.25, 0.3) is 0 Å². The molecule has 0 bridgehead atoms. The molecule has 2 N–H and O–H groups in total. The number of halogens is 1. The first kappa shape index (κ1) is 15.0. The van der Waals surface area contributed by atoms with Crippen molar-refractivity contribution in [3.8, 4) is 0 Å². The van der Waals surface area contributed by atoms with E-state index in [1.807, 2.05) is 6.92 Å². The van der Waals surface area contributed by atoms with Gasteiger partial charge in [-0.3, -0.25) is 9.48 Å². The number of amides is 1. The summed E-state index contributed by atoms with van der Waals surface area (Å²) >= 11 is 0. The van der Waals surface area contributed by atoms with Gasteiger partial charge in [-0.25, -0.2) is 4.39 Å². The van der Waals surface area contributed by atoms with Crippen LogP contribution in [0.15, 0.2) is 24.3 Å². The molecule has 112 valence electrons. The number of nitrogen functional groups attached to an aromatic ring is 1. The zero-order valence-corrected chi connectivity index (χ0v) is 12.4. The lowest BCUT2D eigenvalue weighted by Crippen LogP contribution is -2.34. The molecule has 2 rings (SSSR count). The van der Waals surface area contributed by atoms with Gasteiger partial charge in [0, 0.05) is 6.54 Å². The van der Waals surface area contributed by atoms with Crippen molar-refractivity contribution >= 4 is 17.3 Å². The molecule has 1 aromatic heterocycles. The van der Waals surface area contributed by atoms with E-state index in [-0.39, 0.29) is 18.1 Å². The Morgan fingerprint density at radius 1 is 1.38 bits per heavy atom. The Morgan fingerprint density at radius 3 is 2.57 bits per heavy atom. The summed E-state index contributed by atoms with van der Waals surface area (Å²) in [7, 11) is 0. The Labute approximate surface area is 123 Å². The Kier molecular flexibility index (Phi) is 4.26. The van der Waals surface area contributed by atoms with Crippen LogP contribution in [-0.2, 0) is 11.3 Å². The number of anilines is 2. The third kappa shape index (κ3) is 2.89. The third-order valence-electron chi connectivity index (χ3n) is 3.48. The van der Waals surface area contributed by atoms with Gasteiger partial charge in [0.05, 0.1) is 22.8 Å². The van der Waals surface area contributed by atoms with E-state index in [2.05, 4.69) is 5.10 Å². The molecule has 21 heavy (non-hydrogen) atoms. The van der Waals surface area contributed by atoms with Gasteiger partial charge in [0.25, 0.3) is 0 Å². The van der Waals surface area contributed by atoms with Gasteiger partial charge in [0.1, 0.15) is 12.4 Å². The summed E-state index contributed by atoms with van der Waals surface area (Å²) < 4.78 is 15.4. The van der Waals surface area contributed by atoms with E-state index in [0.29, 0.717) is 17.9 Å². The standard InChI is InChI=1S/C15H19FN4O/c1-4-19(13-8-6-5-7-12(13)16)14(21)9-20-11(3)15(17)10(2)18-20/h5-8H,4,9,17H2,1-3H3. The molecule has 1 heterocycles. The van der Waals surface area contributed by atoms with Gasteiger partial charge in [-0.1, -0.05) is 12.1 Å². The highest BCUT2D eigenvalue weighted by Crippen LogP contribution is 2.20. The molecule has 2 aromatic rings. The lowest BCUT2D eigenvalue weighted by Gasteiger charge is -2.21. The second kappa shape index (κ2) is 5.95. The van der Waals surface area contributed by atoms with E-state index in [4.69, 9.17) is 5.73 Å². The Hall–Kier alpha value is -2.37. The zero-order chi connectivity index (χ0) is 15.6. The fourth-order valence-corrected chi connectivity index (χ4v) is 2.23. The molecular weight excluding hydrogens is 271 g/mol. The number of nitrogens with two attached hydrogens (primary N) is 1. The van der Waals surface area contributed by atoms with Crippen LogP contribution in [0, 0.1) is 19.7 Å². The summed E-state index contributed by atoms with van der Waals surface area (Å²) in [5, 5.41) is 4.23. The largest absolute Gasteiger partial charge is 0.396 e. The molecular formula is C15H19FN4O. The average Bonchev–Trinajstić information content (AvgIpc) is 2.69. The molecule has 0 aliphatic heterocycles. The maximum absolute atomic E-state index is 13.8. The first-order valence-corrected chi connectivity index (χ1v) is 6.80. The summed E-state index contributed by atoms with van der Waals surface area (Å²) in [6.45, 7) is 5.82. The topological polar surface area (TPSA) is 64.2 Å². The molecule has 0 atom stereocenters. The predicted octanol–water partition coefficient (Wildman–Crippen LogP) is 2.27. The molecule has 0 radical (unpaired) electrons.